The van der Waals surface area contributed by atoms with E-state index in [-0.39, 0.29) is 11.6 Å². The van der Waals surface area contributed by atoms with Crippen LogP contribution in [-0.4, -0.2) is 17.4 Å². The Morgan fingerprint density at radius 2 is 2.00 bits per heavy atom. The Morgan fingerprint density at radius 3 is 2.64 bits per heavy atom. The number of rotatable bonds is 7. The maximum Gasteiger partial charge on any atom is 0.269 e. The molecule has 0 unspecified atom stereocenters. The van der Waals surface area contributed by atoms with Crippen LogP contribution in [0.3, 0.4) is 0 Å². The zero-order chi connectivity index (χ0) is 18.2. The highest BCUT2D eigenvalue weighted by Gasteiger charge is 2.03. The predicted molar refractivity (Wildman–Crippen MR) is 97.5 cm³/mol. The van der Waals surface area contributed by atoms with Gasteiger partial charge in [0, 0.05) is 30.0 Å². The van der Waals surface area contributed by atoms with Crippen LogP contribution in [0.25, 0.3) is 6.08 Å². The topological polar surface area (TPSA) is 81.5 Å². The molecule has 6 heteroatoms. The van der Waals surface area contributed by atoms with Crippen molar-refractivity contribution in [3.8, 4) is 5.75 Å². The summed E-state index contributed by atoms with van der Waals surface area (Å²) in [4.78, 5) is 22.1. The molecule has 2 aromatic rings. The number of nitro groups is 1. The lowest BCUT2D eigenvalue weighted by Crippen LogP contribution is -2.08. The second kappa shape index (κ2) is 8.44. The van der Waals surface area contributed by atoms with Gasteiger partial charge in [0.15, 0.2) is 0 Å². The largest absolute Gasteiger partial charge is 0.489 e. The van der Waals surface area contributed by atoms with Crippen molar-refractivity contribution in [1.82, 2.24) is 0 Å². The van der Waals surface area contributed by atoms with Crippen molar-refractivity contribution in [3.05, 3.63) is 82.4 Å². The van der Waals surface area contributed by atoms with Gasteiger partial charge in [0.05, 0.1) is 4.92 Å². The van der Waals surface area contributed by atoms with Crippen molar-refractivity contribution < 1.29 is 14.5 Å². The Kier molecular flexibility index (Phi) is 6.06. The van der Waals surface area contributed by atoms with Crippen LogP contribution >= 0.6 is 0 Å². The van der Waals surface area contributed by atoms with E-state index in [0.29, 0.717) is 23.6 Å². The first kappa shape index (κ1) is 17.9. The minimum Gasteiger partial charge on any atom is -0.489 e. The summed E-state index contributed by atoms with van der Waals surface area (Å²) in [7, 11) is 0. The molecule has 0 atom stereocenters. The number of nitrogens with one attached hydrogen (secondary N) is 1. The van der Waals surface area contributed by atoms with Gasteiger partial charge in [-0.25, -0.2) is 0 Å². The maximum atomic E-state index is 12.0. The molecule has 0 radical (unpaired) electrons. The van der Waals surface area contributed by atoms with Crippen molar-refractivity contribution >= 4 is 23.4 Å². The van der Waals surface area contributed by atoms with E-state index in [4.69, 9.17) is 4.74 Å². The van der Waals surface area contributed by atoms with Crippen molar-refractivity contribution in [3.63, 3.8) is 0 Å². The number of ether oxygens (including phenoxy) is 1. The smallest absolute Gasteiger partial charge is 0.269 e. The molecule has 0 aliphatic carbocycles. The second-order valence-electron chi connectivity index (χ2n) is 5.44. The van der Waals surface area contributed by atoms with E-state index in [1.54, 1.807) is 42.5 Å². The Balaban J connectivity index is 1.96. The minimum absolute atomic E-state index is 0.00757. The van der Waals surface area contributed by atoms with Gasteiger partial charge in [0.25, 0.3) is 5.69 Å². The molecule has 2 rings (SSSR count). The lowest BCUT2D eigenvalue weighted by atomic mass is 10.2. The van der Waals surface area contributed by atoms with E-state index in [2.05, 4.69) is 11.9 Å². The number of nitro benzene ring substituents is 1. The molecule has 25 heavy (non-hydrogen) atoms. The molecule has 128 valence electrons. The third-order valence-electron chi connectivity index (χ3n) is 3.12. The first-order chi connectivity index (χ1) is 11.9. The zero-order valence-corrected chi connectivity index (χ0v) is 13.8. The molecule has 0 aromatic heterocycles. The molecule has 0 fully saturated rings. The average Bonchev–Trinajstić information content (AvgIpc) is 2.59. The number of nitrogens with zero attached hydrogens (tertiary/aromatic N) is 1. The molecule has 1 amide bonds. The summed E-state index contributed by atoms with van der Waals surface area (Å²) in [5, 5.41) is 13.3. The Bertz CT molecular complexity index is 810. The number of carbonyl (C=O) groups excluding carboxylic acids is 1. The van der Waals surface area contributed by atoms with Crippen molar-refractivity contribution in [1.29, 1.82) is 0 Å². The summed E-state index contributed by atoms with van der Waals surface area (Å²) in [5.41, 5.74) is 2.21. The van der Waals surface area contributed by atoms with E-state index in [1.165, 1.54) is 18.2 Å². The monoisotopic (exact) mass is 338 g/mol. The van der Waals surface area contributed by atoms with E-state index < -0.39 is 4.92 Å². The molecular formula is C19H18N2O4. The predicted octanol–water partition coefficient (Wildman–Crippen LogP) is 4.20. The molecule has 0 aliphatic rings. The molecule has 0 heterocycles. The Morgan fingerprint density at radius 1 is 1.28 bits per heavy atom. The van der Waals surface area contributed by atoms with Gasteiger partial charge in [-0.3, -0.25) is 14.9 Å². The maximum absolute atomic E-state index is 12.0. The van der Waals surface area contributed by atoms with Crippen LogP contribution < -0.4 is 10.1 Å². The van der Waals surface area contributed by atoms with E-state index >= 15 is 0 Å². The van der Waals surface area contributed by atoms with Crippen LogP contribution in [0.2, 0.25) is 0 Å². The molecular weight excluding hydrogens is 320 g/mol. The summed E-state index contributed by atoms with van der Waals surface area (Å²) in [5.74, 6) is 0.329. The third kappa shape index (κ3) is 5.95. The highest BCUT2D eigenvalue weighted by atomic mass is 16.6. The lowest BCUT2D eigenvalue weighted by Gasteiger charge is -2.08. The van der Waals surface area contributed by atoms with E-state index in [0.717, 1.165) is 5.57 Å². The third-order valence-corrected chi connectivity index (χ3v) is 3.12. The van der Waals surface area contributed by atoms with E-state index in [1.807, 2.05) is 6.92 Å². The number of hydrogen-bond donors (Lipinski definition) is 1. The van der Waals surface area contributed by atoms with Gasteiger partial charge >= 0.3 is 0 Å². The van der Waals surface area contributed by atoms with Crippen LogP contribution in [0.1, 0.15) is 12.5 Å². The minimum atomic E-state index is -0.469. The SMILES string of the molecule is C=C(C)COc1cccc(NC(=O)/C=C/c2ccc([N+](=O)[O-])cc2)c1. The Hall–Kier alpha value is -3.41. The molecule has 6 nitrogen and oxygen atoms in total. The summed E-state index contributed by atoms with van der Waals surface area (Å²) in [6.45, 7) is 6.05. The van der Waals surface area contributed by atoms with Gasteiger partial charge in [0.2, 0.25) is 5.91 Å². The van der Waals surface area contributed by atoms with Crippen LogP contribution in [0, 0.1) is 10.1 Å². The van der Waals surface area contributed by atoms with Gasteiger partial charge in [-0.1, -0.05) is 12.6 Å². The van der Waals surface area contributed by atoms with Gasteiger partial charge in [-0.05, 0) is 48.4 Å². The summed E-state index contributed by atoms with van der Waals surface area (Å²) in [6.07, 6.45) is 2.95. The van der Waals surface area contributed by atoms with Crippen molar-refractivity contribution in [2.24, 2.45) is 0 Å². The zero-order valence-electron chi connectivity index (χ0n) is 13.8. The number of benzene rings is 2. The molecule has 0 saturated heterocycles. The van der Waals surface area contributed by atoms with Gasteiger partial charge in [0.1, 0.15) is 12.4 Å². The summed E-state index contributed by atoms with van der Waals surface area (Å²) >= 11 is 0. The number of hydrogen-bond acceptors (Lipinski definition) is 4. The molecule has 0 bridgehead atoms. The second-order valence-corrected chi connectivity index (χ2v) is 5.44. The fraction of sp³-hybridized carbons (Fsp3) is 0.105. The van der Waals surface area contributed by atoms with Crippen LogP contribution in [0.15, 0.2) is 66.8 Å². The number of non-ortho nitro benzene ring substituents is 1. The molecule has 0 saturated carbocycles. The van der Waals surface area contributed by atoms with Gasteiger partial charge < -0.3 is 10.1 Å². The highest BCUT2D eigenvalue weighted by molar-refractivity contribution is 6.02. The fourth-order valence-corrected chi connectivity index (χ4v) is 1.93. The van der Waals surface area contributed by atoms with Crippen LogP contribution in [-0.2, 0) is 4.79 Å². The van der Waals surface area contributed by atoms with Crippen LogP contribution in [0.4, 0.5) is 11.4 Å². The first-order valence-corrected chi connectivity index (χ1v) is 7.55. The van der Waals surface area contributed by atoms with Crippen molar-refractivity contribution in [2.45, 2.75) is 6.92 Å². The summed E-state index contributed by atoms with van der Waals surface area (Å²) < 4.78 is 5.53. The number of anilines is 1. The summed E-state index contributed by atoms with van der Waals surface area (Å²) in [6, 6.07) is 13.0. The molecule has 1 N–H and O–H groups in total. The molecule has 2 aromatic carbocycles. The lowest BCUT2D eigenvalue weighted by molar-refractivity contribution is -0.384. The average molecular weight is 338 g/mol. The van der Waals surface area contributed by atoms with Crippen molar-refractivity contribution in [2.75, 3.05) is 11.9 Å². The fourth-order valence-electron chi connectivity index (χ4n) is 1.93. The first-order valence-electron chi connectivity index (χ1n) is 7.55. The normalized spacial score (nSPS) is 10.4. The number of carbonyl (C=O) groups is 1. The number of amides is 1. The Labute approximate surface area is 145 Å². The van der Waals surface area contributed by atoms with Crippen LogP contribution in [0.5, 0.6) is 5.75 Å². The van der Waals surface area contributed by atoms with E-state index in [9.17, 15) is 14.9 Å². The molecule has 0 spiro atoms. The van der Waals surface area contributed by atoms with Gasteiger partial charge in [-0.2, -0.15) is 0 Å². The van der Waals surface area contributed by atoms with Gasteiger partial charge in [-0.15, -0.1) is 0 Å². The molecule has 0 aliphatic heterocycles. The highest BCUT2D eigenvalue weighted by Crippen LogP contribution is 2.18. The standard InChI is InChI=1S/C19H18N2O4/c1-14(2)13-25-18-5-3-4-16(12-18)20-19(22)11-8-15-6-9-17(10-7-15)21(23)24/h3-12H,1,13H2,2H3,(H,20,22)/b11-8+. The quantitative estimate of drug-likeness (QED) is 0.355.